The first kappa shape index (κ1) is 15.9. The van der Waals surface area contributed by atoms with Crippen LogP contribution in [-0.4, -0.2) is 59.2 Å². The number of nitrogens with zero attached hydrogens (tertiary/aromatic N) is 2. The average molecular weight is 328 g/mol. The van der Waals surface area contributed by atoms with Gasteiger partial charge in [0.1, 0.15) is 23.9 Å². The molecule has 23 heavy (non-hydrogen) atoms. The molecule has 4 heterocycles. The first-order valence-corrected chi connectivity index (χ1v) is 8.01. The molecule has 0 aliphatic carbocycles. The number of ether oxygens (including phenoxy) is 5. The van der Waals surface area contributed by atoms with Crippen molar-refractivity contribution in [2.24, 2.45) is 10.2 Å². The van der Waals surface area contributed by atoms with E-state index >= 15 is 0 Å². The van der Waals surface area contributed by atoms with Crippen LogP contribution in [-0.2, 0) is 23.7 Å². The molecule has 6 atom stereocenters. The van der Waals surface area contributed by atoms with E-state index in [0.29, 0.717) is 13.0 Å². The first-order valence-electron chi connectivity index (χ1n) is 8.01. The van der Waals surface area contributed by atoms with Crippen LogP contribution in [0, 0.1) is 0 Å². The van der Waals surface area contributed by atoms with Gasteiger partial charge >= 0.3 is 0 Å². The molecule has 0 unspecified atom stereocenters. The molecule has 0 aromatic carbocycles. The monoisotopic (exact) mass is 328 g/mol. The van der Waals surface area contributed by atoms with Crippen LogP contribution < -0.4 is 0 Å². The minimum atomic E-state index is -1.25. The summed E-state index contributed by atoms with van der Waals surface area (Å²) in [6.07, 6.45) is -1.47. The van der Waals surface area contributed by atoms with Crippen LogP contribution in [0.25, 0.3) is 0 Å². The number of azo groups is 1. The van der Waals surface area contributed by atoms with Gasteiger partial charge in [-0.1, -0.05) is 0 Å². The van der Waals surface area contributed by atoms with E-state index in [1.807, 2.05) is 27.7 Å². The van der Waals surface area contributed by atoms with Gasteiger partial charge in [0.05, 0.1) is 6.61 Å². The van der Waals surface area contributed by atoms with Crippen LogP contribution in [0.15, 0.2) is 10.2 Å². The lowest BCUT2D eigenvalue weighted by atomic mass is 9.81. The Morgan fingerprint density at radius 1 is 0.913 bits per heavy atom. The van der Waals surface area contributed by atoms with Gasteiger partial charge < -0.3 is 28.8 Å². The van der Waals surface area contributed by atoms with Crippen LogP contribution in [0.2, 0.25) is 0 Å². The zero-order valence-corrected chi connectivity index (χ0v) is 14.1. The minimum Gasteiger partial charge on any atom is -0.368 e. The first-order chi connectivity index (χ1) is 10.5. The molecule has 3 saturated heterocycles. The smallest absolute Gasteiger partial charge is 0.190 e. The zero-order chi connectivity index (χ0) is 16.7. The van der Waals surface area contributed by atoms with E-state index in [-0.39, 0.29) is 6.10 Å². The maximum absolute atomic E-state index is 10.3. The van der Waals surface area contributed by atoms with Crippen molar-refractivity contribution in [2.75, 3.05) is 6.61 Å². The molecule has 0 amide bonds. The Morgan fingerprint density at radius 2 is 1.65 bits per heavy atom. The Bertz CT molecular complexity index is 548. The van der Waals surface area contributed by atoms with Crippen molar-refractivity contribution >= 4 is 0 Å². The number of hydrogen-bond acceptors (Lipinski definition) is 8. The molecule has 0 aromatic rings. The fourth-order valence-corrected chi connectivity index (χ4v) is 3.99. The summed E-state index contributed by atoms with van der Waals surface area (Å²) in [5.74, 6) is -1.43. The number of fused-ring (bicyclic) bond motifs is 2. The van der Waals surface area contributed by atoms with Crippen LogP contribution in [0.1, 0.15) is 41.0 Å². The highest BCUT2D eigenvalue weighted by Gasteiger charge is 2.70. The lowest BCUT2D eigenvalue weighted by Crippen LogP contribution is -2.53. The van der Waals surface area contributed by atoms with Gasteiger partial charge in [-0.05, 0) is 34.6 Å². The molecule has 4 rings (SSSR count). The summed E-state index contributed by atoms with van der Waals surface area (Å²) < 4.78 is 29.6. The summed E-state index contributed by atoms with van der Waals surface area (Å²) in [7, 11) is 0. The predicted molar refractivity (Wildman–Crippen MR) is 76.4 cm³/mol. The highest BCUT2D eigenvalue weighted by molar-refractivity contribution is 5.17. The van der Waals surface area contributed by atoms with Crippen molar-refractivity contribution in [2.45, 2.75) is 88.5 Å². The number of rotatable bonds is 1. The van der Waals surface area contributed by atoms with E-state index in [2.05, 4.69) is 10.2 Å². The molecular weight excluding hydrogens is 304 g/mol. The molecule has 8 heteroatoms. The molecule has 1 N–H and O–H groups in total. The van der Waals surface area contributed by atoms with Crippen molar-refractivity contribution in [1.82, 2.24) is 0 Å². The SMILES string of the molecule is CC1(C)OC[C@H]([C@H]2O[C@@H]3OC(C)(C)O[C@@H]3[C@]23C[C@@](C)(O)N=N3)O1. The molecule has 0 saturated carbocycles. The molecule has 0 radical (unpaired) electrons. The molecule has 130 valence electrons. The van der Waals surface area contributed by atoms with Gasteiger partial charge in [0.2, 0.25) is 0 Å². The Kier molecular flexibility index (Phi) is 3.10. The third kappa shape index (κ3) is 2.43. The van der Waals surface area contributed by atoms with Gasteiger partial charge in [0.15, 0.2) is 23.6 Å². The van der Waals surface area contributed by atoms with E-state index in [0.717, 1.165) is 0 Å². The molecule has 1 spiro atoms. The molecule has 0 bridgehead atoms. The number of hydrogen-bond donors (Lipinski definition) is 1. The van der Waals surface area contributed by atoms with Gasteiger partial charge in [-0.15, -0.1) is 0 Å². The molecule has 8 nitrogen and oxygen atoms in total. The summed E-state index contributed by atoms with van der Waals surface area (Å²) in [5.41, 5.74) is -2.09. The second kappa shape index (κ2) is 4.50. The third-order valence-corrected chi connectivity index (χ3v) is 4.76. The summed E-state index contributed by atoms with van der Waals surface area (Å²) in [6, 6.07) is 0. The van der Waals surface area contributed by atoms with Crippen molar-refractivity contribution in [1.29, 1.82) is 0 Å². The highest BCUT2D eigenvalue weighted by atomic mass is 16.8. The molecular formula is C15H24N2O6. The van der Waals surface area contributed by atoms with Crippen molar-refractivity contribution in [3.8, 4) is 0 Å². The minimum absolute atomic E-state index is 0.297. The molecule has 4 aliphatic rings. The van der Waals surface area contributed by atoms with Gasteiger partial charge in [-0.2, -0.15) is 10.2 Å². The second-order valence-corrected chi connectivity index (χ2v) is 7.93. The van der Waals surface area contributed by atoms with Crippen LogP contribution >= 0.6 is 0 Å². The maximum atomic E-state index is 10.3. The quantitative estimate of drug-likeness (QED) is 0.780. The van der Waals surface area contributed by atoms with E-state index < -0.39 is 41.3 Å². The number of aliphatic hydroxyl groups is 1. The van der Waals surface area contributed by atoms with E-state index in [9.17, 15) is 5.11 Å². The summed E-state index contributed by atoms with van der Waals surface area (Å²) in [4.78, 5) is 0. The van der Waals surface area contributed by atoms with Crippen LogP contribution in [0.3, 0.4) is 0 Å². The average Bonchev–Trinajstić information content (AvgIpc) is 3.06. The fourth-order valence-electron chi connectivity index (χ4n) is 3.99. The topological polar surface area (TPSA) is 91.1 Å². The van der Waals surface area contributed by atoms with Crippen molar-refractivity contribution in [3.05, 3.63) is 0 Å². The predicted octanol–water partition coefficient (Wildman–Crippen LogP) is 1.32. The van der Waals surface area contributed by atoms with Gasteiger partial charge in [-0.25, -0.2) is 0 Å². The molecule has 4 aliphatic heterocycles. The third-order valence-electron chi connectivity index (χ3n) is 4.76. The maximum Gasteiger partial charge on any atom is 0.190 e. The van der Waals surface area contributed by atoms with Gasteiger partial charge in [0.25, 0.3) is 0 Å². The Labute approximate surface area is 135 Å². The zero-order valence-electron chi connectivity index (χ0n) is 14.1. The summed E-state index contributed by atoms with van der Waals surface area (Å²) in [5, 5.41) is 18.8. The van der Waals surface area contributed by atoms with Crippen LogP contribution in [0.4, 0.5) is 0 Å². The van der Waals surface area contributed by atoms with Crippen molar-refractivity contribution in [3.63, 3.8) is 0 Å². The lowest BCUT2D eigenvalue weighted by molar-refractivity contribution is -0.229. The van der Waals surface area contributed by atoms with Gasteiger partial charge in [-0.3, -0.25) is 0 Å². The Hall–Kier alpha value is -0.640. The Morgan fingerprint density at radius 3 is 2.22 bits per heavy atom. The molecule has 0 aromatic heterocycles. The normalized spacial score (nSPS) is 53.3. The standard InChI is InChI=1S/C15H24N2O6/c1-12(2)19-6-8(21-12)9-15(7-14(5,18)16-17-15)10-11(20-9)23-13(3,4)22-10/h8-11,18H,6-7H2,1-5H3/t8-,9-,10+,11-,14-,15+/m1/s1. The lowest BCUT2D eigenvalue weighted by Gasteiger charge is -2.34. The summed E-state index contributed by atoms with van der Waals surface area (Å²) >= 11 is 0. The highest BCUT2D eigenvalue weighted by Crippen LogP contribution is 2.53. The van der Waals surface area contributed by atoms with E-state index in [1.54, 1.807) is 6.92 Å². The summed E-state index contributed by atoms with van der Waals surface area (Å²) in [6.45, 7) is 9.40. The van der Waals surface area contributed by atoms with Crippen LogP contribution in [0.5, 0.6) is 0 Å². The fraction of sp³-hybridized carbons (Fsp3) is 1.00. The Balaban J connectivity index is 1.67. The van der Waals surface area contributed by atoms with E-state index in [4.69, 9.17) is 23.7 Å². The molecule has 3 fully saturated rings. The second-order valence-electron chi connectivity index (χ2n) is 7.93. The van der Waals surface area contributed by atoms with Crippen molar-refractivity contribution < 1.29 is 28.8 Å². The van der Waals surface area contributed by atoms with E-state index in [1.165, 1.54) is 0 Å². The van der Waals surface area contributed by atoms with Gasteiger partial charge in [0, 0.05) is 6.42 Å². The largest absolute Gasteiger partial charge is 0.368 e.